The van der Waals surface area contributed by atoms with Gasteiger partial charge < -0.3 is 9.64 Å². The Morgan fingerprint density at radius 3 is 2.12 bits per heavy atom. The number of amides is 1. The van der Waals surface area contributed by atoms with Gasteiger partial charge >= 0.3 is 12.1 Å². The molecule has 0 fully saturated rings. The molecule has 0 heterocycles. The standard InChI is InChI=1S/C24H18F3NO4/c1-28(18-10-3-2-4-11-18)22(30)19-12-5-6-13-20(19)23(31)32-15-21(29)16-8-7-9-17(14-16)24(25,26)27/h2-14H,15H2,1H3. The van der Waals surface area contributed by atoms with Crippen molar-refractivity contribution in [3.63, 3.8) is 0 Å². The fraction of sp³-hybridized carbons (Fsp3) is 0.125. The number of alkyl halides is 3. The van der Waals surface area contributed by atoms with Crippen molar-refractivity contribution in [1.29, 1.82) is 0 Å². The number of nitrogens with zero attached hydrogens (tertiary/aromatic N) is 1. The molecule has 5 nitrogen and oxygen atoms in total. The highest BCUT2D eigenvalue weighted by molar-refractivity contribution is 6.12. The number of hydrogen-bond donors (Lipinski definition) is 0. The monoisotopic (exact) mass is 441 g/mol. The van der Waals surface area contributed by atoms with Gasteiger partial charge in [-0.15, -0.1) is 0 Å². The molecule has 0 N–H and O–H groups in total. The number of esters is 1. The summed E-state index contributed by atoms with van der Waals surface area (Å²) in [5.41, 5.74) is -0.594. The lowest BCUT2D eigenvalue weighted by molar-refractivity contribution is -0.137. The van der Waals surface area contributed by atoms with E-state index in [1.807, 2.05) is 0 Å². The topological polar surface area (TPSA) is 63.7 Å². The second-order valence-corrected chi connectivity index (χ2v) is 6.82. The normalized spacial score (nSPS) is 11.0. The van der Waals surface area contributed by atoms with E-state index in [9.17, 15) is 27.6 Å². The van der Waals surface area contributed by atoms with Gasteiger partial charge in [0, 0.05) is 18.3 Å². The van der Waals surface area contributed by atoms with E-state index < -0.39 is 36.0 Å². The second-order valence-electron chi connectivity index (χ2n) is 6.82. The lowest BCUT2D eigenvalue weighted by Crippen LogP contribution is -2.28. The van der Waals surface area contributed by atoms with Crippen LogP contribution >= 0.6 is 0 Å². The molecule has 0 bridgehead atoms. The molecule has 0 aromatic heterocycles. The maximum atomic E-state index is 12.9. The molecule has 0 aliphatic carbocycles. The minimum Gasteiger partial charge on any atom is -0.454 e. The molecule has 0 spiro atoms. The highest BCUT2D eigenvalue weighted by atomic mass is 19.4. The second kappa shape index (κ2) is 9.47. The highest BCUT2D eigenvalue weighted by Crippen LogP contribution is 2.29. The van der Waals surface area contributed by atoms with Crippen LogP contribution in [-0.2, 0) is 10.9 Å². The Balaban J connectivity index is 1.74. The van der Waals surface area contributed by atoms with Gasteiger partial charge in [-0.3, -0.25) is 9.59 Å². The average molecular weight is 441 g/mol. The first-order chi connectivity index (χ1) is 15.2. The molecule has 164 valence electrons. The van der Waals surface area contributed by atoms with Gasteiger partial charge in [0.1, 0.15) is 0 Å². The molecule has 0 atom stereocenters. The number of hydrogen-bond acceptors (Lipinski definition) is 4. The van der Waals surface area contributed by atoms with Crippen LogP contribution in [-0.4, -0.2) is 31.3 Å². The molecular formula is C24H18F3NO4. The zero-order valence-electron chi connectivity index (χ0n) is 16.9. The summed E-state index contributed by atoms with van der Waals surface area (Å²) in [6, 6.07) is 18.6. The molecule has 8 heteroatoms. The van der Waals surface area contributed by atoms with E-state index in [2.05, 4.69) is 0 Å². The minimum absolute atomic E-state index is 0.0582. The van der Waals surface area contributed by atoms with Gasteiger partial charge in [-0.25, -0.2) is 4.79 Å². The SMILES string of the molecule is CN(C(=O)c1ccccc1C(=O)OCC(=O)c1cccc(C(F)(F)F)c1)c1ccccc1. The molecule has 0 saturated carbocycles. The zero-order chi connectivity index (χ0) is 23.3. The summed E-state index contributed by atoms with van der Waals surface area (Å²) < 4.78 is 43.5. The van der Waals surface area contributed by atoms with Crippen LogP contribution in [0.2, 0.25) is 0 Å². The Labute approximate surface area is 182 Å². The van der Waals surface area contributed by atoms with Crippen LogP contribution < -0.4 is 4.90 Å². The van der Waals surface area contributed by atoms with Gasteiger partial charge in [0.25, 0.3) is 5.91 Å². The van der Waals surface area contributed by atoms with Crippen molar-refractivity contribution >= 4 is 23.3 Å². The fourth-order valence-corrected chi connectivity index (χ4v) is 2.96. The molecule has 3 aromatic carbocycles. The summed E-state index contributed by atoms with van der Waals surface area (Å²) in [6.45, 7) is -0.767. The van der Waals surface area contributed by atoms with E-state index in [4.69, 9.17) is 4.74 Å². The van der Waals surface area contributed by atoms with Crippen molar-refractivity contribution in [2.45, 2.75) is 6.18 Å². The van der Waals surface area contributed by atoms with Gasteiger partial charge in [-0.2, -0.15) is 13.2 Å². The molecule has 3 rings (SSSR count). The summed E-state index contributed by atoms with van der Waals surface area (Å²) in [4.78, 5) is 39.1. The first kappa shape index (κ1) is 22.7. The number of ketones is 1. The smallest absolute Gasteiger partial charge is 0.416 e. The Morgan fingerprint density at radius 2 is 1.47 bits per heavy atom. The first-order valence-corrected chi connectivity index (χ1v) is 9.48. The number of ether oxygens (including phenoxy) is 1. The molecule has 0 aliphatic heterocycles. The molecule has 0 unspecified atom stereocenters. The predicted octanol–water partition coefficient (Wildman–Crippen LogP) is 5.02. The quantitative estimate of drug-likeness (QED) is 0.398. The molecule has 32 heavy (non-hydrogen) atoms. The lowest BCUT2D eigenvalue weighted by Gasteiger charge is -2.18. The molecule has 3 aromatic rings. The third-order valence-corrected chi connectivity index (χ3v) is 4.67. The Morgan fingerprint density at radius 1 is 0.844 bits per heavy atom. The number of carbonyl (C=O) groups is 3. The largest absolute Gasteiger partial charge is 0.454 e. The van der Waals surface area contributed by atoms with Crippen molar-refractivity contribution in [1.82, 2.24) is 0 Å². The third-order valence-electron chi connectivity index (χ3n) is 4.67. The summed E-state index contributed by atoms with van der Waals surface area (Å²) in [5, 5.41) is 0. The number of para-hydroxylation sites is 1. The van der Waals surface area contributed by atoms with Crippen LogP contribution in [0.25, 0.3) is 0 Å². The summed E-state index contributed by atoms with van der Waals surface area (Å²) in [6.07, 6.45) is -4.60. The molecule has 0 saturated heterocycles. The Kier molecular flexibility index (Phi) is 6.73. The van der Waals surface area contributed by atoms with E-state index in [-0.39, 0.29) is 16.7 Å². The van der Waals surface area contributed by atoms with E-state index in [1.165, 1.54) is 29.2 Å². The highest BCUT2D eigenvalue weighted by Gasteiger charge is 2.31. The van der Waals surface area contributed by atoms with Crippen LogP contribution in [0.3, 0.4) is 0 Å². The molecular weight excluding hydrogens is 423 g/mol. The van der Waals surface area contributed by atoms with E-state index in [1.54, 1.807) is 43.4 Å². The number of rotatable bonds is 6. The van der Waals surface area contributed by atoms with E-state index in [0.717, 1.165) is 12.1 Å². The Hall–Kier alpha value is -3.94. The molecule has 0 radical (unpaired) electrons. The van der Waals surface area contributed by atoms with Crippen molar-refractivity contribution in [3.8, 4) is 0 Å². The lowest BCUT2D eigenvalue weighted by atomic mass is 10.1. The predicted molar refractivity (Wildman–Crippen MR) is 112 cm³/mol. The van der Waals surface area contributed by atoms with Crippen molar-refractivity contribution in [2.24, 2.45) is 0 Å². The number of benzene rings is 3. The minimum atomic E-state index is -4.60. The van der Waals surface area contributed by atoms with Gasteiger partial charge in [-0.05, 0) is 36.4 Å². The van der Waals surface area contributed by atoms with Gasteiger partial charge in [-0.1, -0.05) is 42.5 Å². The number of halogens is 3. The zero-order valence-corrected chi connectivity index (χ0v) is 16.9. The van der Waals surface area contributed by atoms with Gasteiger partial charge in [0.05, 0.1) is 16.7 Å². The van der Waals surface area contributed by atoms with Crippen LogP contribution in [0.5, 0.6) is 0 Å². The first-order valence-electron chi connectivity index (χ1n) is 9.48. The summed E-state index contributed by atoms with van der Waals surface area (Å²) >= 11 is 0. The maximum absolute atomic E-state index is 12.9. The van der Waals surface area contributed by atoms with Crippen molar-refractivity contribution < 1.29 is 32.3 Å². The molecule has 0 aliphatic rings. The van der Waals surface area contributed by atoms with Gasteiger partial charge in [0.2, 0.25) is 0 Å². The molecule has 1 amide bonds. The summed E-state index contributed by atoms with van der Waals surface area (Å²) in [5.74, 6) is -2.20. The third kappa shape index (κ3) is 5.21. The van der Waals surface area contributed by atoms with Crippen LogP contribution in [0.4, 0.5) is 18.9 Å². The maximum Gasteiger partial charge on any atom is 0.416 e. The average Bonchev–Trinajstić information content (AvgIpc) is 2.81. The van der Waals surface area contributed by atoms with Crippen LogP contribution in [0.1, 0.15) is 36.6 Å². The number of Topliss-reactive ketones (excluding diaryl/α,β-unsaturated/α-hetero) is 1. The van der Waals surface area contributed by atoms with Crippen LogP contribution in [0, 0.1) is 0 Å². The fourth-order valence-electron chi connectivity index (χ4n) is 2.96. The number of carbonyl (C=O) groups excluding carboxylic acids is 3. The van der Waals surface area contributed by atoms with Gasteiger partial charge in [0.15, 0.2) is 12.4 Å². The summed E-state index contributed by atoms with van der Waals surface area (Å²) in [7, 11) is 1.55. The van der Waals surface area contributed by atoms with Crippen molar-refractivity contribution in [3.05, 3.63) is 101 Å². The number of anilines is 1. The van der Waals surface area contributed by atoms with E-state index >= 15 is 0 Å². The van der Waals surface area contributed by atoms with Crippen LogP contribution in [0.15, 0.2) is 78.9 Å². The van der Waals surface area contributed by atoms with Crippen molar-refractivity contribution in [2.75, 3.05) is 18.6 Å². The van der Waals surface area contributed by atoms with E-state index in [0.29, 0.717) is 11.8 Å². The Bertz CT molecular complexity index is 1140.